The molecule has 0 saturated carbocycles. The van der Waals surface area contributed by atoms with Gasteiger partial charge in [-0.1, -0.05) is 25.5 Å². The first-order valence-electron chi connectivity index (χ1n) is 8.53. The lowest BCUT2D eigenvalue weighted by molar-refractivity contribution is 0.299. The number of allylic oxidation sites excluding steroid dienone is 1. The number of rotatable bonds is 7. The summed E-state index contributed by atoms with van der Waals surface area (Å²) in [4.78, 5) is 4.13. The van der Waals surface area contributed by atoms with E-state index in [1.165, 1.54) is 19.3 Å². The fraction of sp³-hybridized carbons (Fsp3) is 0.824. The second-order valence-electron chi connectivity index (χ2n) is 6.39. The third-order valence-electron chi connectivity index (χ3n) is 4.26. The molecule has 0 aliphatic carbocycles. The first-order valence-corrected chi connectivity index (χ1v) is 8.53. The summed E-state index contributed by atoms with van der Waals surface area (Å²) in [7, 11) is 3.58. The van der Waals surface area contributed by atoms with E-state index in [2.05, 4.69) is 35.7 Å². The quantitative estimate of drug-likeness (QED) is 0.290. The van der Waals surface area contributed by atoms with Crippen molar-refractivity contribution in [3.05, 3.63) is 11.6 Å². The molecule has 5 nitrogen and oxygen atoms in total. The maximum atomic E-state index is 9.38. The molecule has 0 aromatic heterocycles. The fourth-order valence-corrected chi connectivity index (χ4v) is 3.09. The molecule has 0 spiro atoms. The molecule has 22 heavy (non-hydrogen) atoms. The molecule has 1 aliphatic rings. The molecule has 1 unspecified atom stereocenters. The van der Waals surface area contributed by atoms with Gasteiger partial charge in [-0.15, -0.1) is 0 Å². The highest BCUT2D eigenvalue weighted by Crippen LogP contribution is 2.27. The topological polar surface area (TPSA) is 59.9 Å². The molecule has 0 aromatic carbocycles. The van der Waals surface area contributed by atoms with Gasteiger partial charge in [0.05, 0.1) is 6.54 Å². The standard InChI is InChI=1S/C17H34N4O/c1-14(2)12-16(15-6-5-9-20-10-7-15)8-11-21(19-4)17(13-22)18-3/h8,14-15,19-20,22H,5-7,9-13H2,1-4H3/b16-8+,18-17-. The van der Waals surface area contributed by atoms with E-state index in [1.54, 1.807) is 12.6 Å². The Morgan fingerprint density at radius 2 is 2.18 bits per heavy atom. The van der Waals surface area contributed by atoms with Crippen LogP contribution in [0.2, 0.25) is 0 Å². The molecule has 5 heteroatoms. The predicted molar refractivity (Wildman–Crippen MR) is 94.0 cm³/mol. The van der Waals surface area contributed by atoms with Gasteiger partial charge in [0.25, 0.3) is 0 Å². The Kier molecular flexibility index (Phi) is 9.36. The summed E-state index contributed by atoms with van der Waals surface area (Å²) in [6.07, 6.45) is 7.26. The highest BCUT2D eigenvalue weighted by molar-refractivity contribution is 5.82. The van der Waals surface area contributed by atoms with Crippen LogP contribution in [0.25, 0.3) is 0 Å². The van der Waals surface area contributed by atoms with Crippen LogP contribution in [0, 0.1) is 11.8 Å². The minimum absolute atomic E-state index is 0.0436. The highest BCUT2D eigenvalue weighted by atomic mass is 16.3. The van der Waals surface area contributed by atoms with Crippen LogP contribution in [0.3, 0.4) is 0 Å². The molecular weight excluding hydrogens is 276 g/mol. The SMILES string of the molecule is C/N=C(/CO)N(C/C=C(\CC(C)C)C1CCCNCC1)NC. The zero-order valence-electron chi connectivity index (χ0n) is 14.7. The van der Waals surface area contributed by atoms with Gasteiger partial charge in [-0.3, -0.25) is 10.0 Å². The van der Waals surface area contributed by atoms with Gasteiger partial charge in [-0.2, -0.15) is 0 Å². The number of nitrogens with one attached hydrogen (secondary N) is 2. The van der Waals surface area contributed by atoms with Gasteiger partial charge in [-0.25, -0.2) is 5.43 Å². The summed E-state index contributed by atoms with van der Waals surface area (Å²) in [6, 6.07) is 0. The molecule has 0 bridgehead atoms. The summed E-state index contributed by atoms with van der Waals surface area (Å²) >= 11 is 0. The Balaban J connectivity index is 2.80. The van der Waals surface area contributed by atoms with E-state index in [-0.39, 0.29) is 6.61 Å². The van der Waals surface area contributed by atoms with E-state index >= 15 is 0 Å². The maximum Gasteiger partial charge on any atom is 0.139 e. The van der Waals surface area contributed by atoms with Gasteiger partial charge in [0.1, 0.15) is 12.4 Å². The van der Waals surface area contributed by atoms with E-state index < -0.39 is 0 Å². The van der Waals surface area contributed by atoms with Gasteiger partial charge in [-0.05, 0) is 50.6 Å². The molecule has 1 heterocycles. The molecule has 0 aromatic rings. The average Bonchev–Trinajstić information content (AvgIpc) is 2.78. The third kappa shape index (κ3) is 6.46. The monoisotopic (exact) mass is 310 g/mol. The lowest BCUT2D eigenvalue weighted by atomic mass is 9.86. The van der Waals surface area contributed by atoms with Crippen molar-refractivity contribution in [2.24, 2.45) is 16.8 Å². The Hall–Kier alpha value is -0.910. The molecule has 1 saturated heterocycles. The zero-order chi connectivity index (χ0) is 16.4. The summed E-state index contributed by atoms with van der Waals surface area (Å²) in [5.74, 6) is 2.03. The normalized spacial score (nSPS) is 21.1. The first kappa shape index (κ1) is 19.1. The minimum atomic E-state index is -0.0436. The van der Waals surface area contributed by atoms with Gasteiger partial charge in [0.2, 0.25) is 0 Å². The van der Waals surface area contributed by atoms with Crippen molar-refractivity contribution in [3.63, 3.8) is 0 Å². The molecule has 0 amide bonds. The molecule has 128 valence electrons. The van der Waals surface area contributed by atoms with E-state index in [0.717, 1.165) is 26.1 Å². The third-order valence-corrected chi connectivity index (χ3v) is 4.26. The fourth-order valence-electron chi connectivity index (χ4n) is 3.09. The molecule has 1 atom stereocenters. The number of hydrogen-bond donors (Lipinski definition) is 3. The lowest BCUT2D eigenvalue weighted by Crippen LogP contribution is -2.42. The van der Waals surface area contributed by atoms with Crippen molar-refractivity contribution >= 4 is 5.84 Å². The Labute approximate surface area is 135 Å². The summed E-state index contributed by atoms with van der Waals surface area (Å²) < 4.78 is 0. The van der Waals surface area contributed by atoms with Crippen molar-refractivity contribution in [2.75, 3.05) is 40.3 Å². The van der Waals surface area contributed by atoms with Crippen LogP contribution < -0.4 is 10.7 Å². The van der Waals surface area contributed by atoms with E-state index in [4.69, 9.17) is 0 Å². The number of aliphatic hydroxyl groups is 1. The van der Waals surface area contributed by atoms with E-state index in [1.807, 2.05) is 12.1 Å². The van der Waals surface area contributed by atoms with Crippen LogP contribution in [-0.2, 0) is 0 Å². The number of amidine groups is 1. The van der Waals surface area contributed by atoms with Crippen LogP contribution in [-0.4, -0.2) is 56.3 Å². The Morgan fingerprint density at radius 1 is 1.41 bits per heavy atom. The van der Waals surface area contributed by atoms with Crippen LogP contribution in [0.1, 0.15) is 39.5 Å². The predicted octanol–water partition coefficient (Wildman–Crippen LogP) is 1.81. The Morgan fingerprint density at radius 3 is 2.77 bits per heavy atom. The summed E-state index contributed by atoms with van der Waals surface area (Å²) in [5.41, 5.74) is 4.68. The second kappa shape index (κ2) is 10.8. The van der Waals surface area contributed by atoms with Crippen LogP contribution in [0.5, 0.6) is 0 Å². The molecule has 1 fully saturated rings. The Bertz CT molecular complexity index is 358. The van der Waals surface area contributed by atoms with Gasteiger partial charge < -0.3 is 10.4 Å². The molecule has 3 N–H and O–H groups in total. The van der Waals surface area contributed by atoms with Crippen molar-refractivity contribution in [2.45, 2.75) is 39.5 Å². The first-order chi connectivity index (χ1) is 10.6. The largest absolute Gasteiger partial charge is 0.388 e. The molecule has 0 radical (unpaired) electrons. The van der Waals surface area contributed by atoms with Crippen molar-refractivity contribution in [1.82, 2.24) is 15.8 Å². The van der Waals surface area contributed by atoms with Crippen molar-refractivity contribution < 1.29 is 5.11 Å². The van der Waals surface area contributed by atoms with Crippen molar-refractivity contribution in [1.29, 1.82) is 0 Å². The van der Waals surface area contributed by atoms with Gasteiger partial charge in [0.15, 0.2) is 0 Å². The van der Waals surface area contributed by atoms with Crippen LogP contribution >= 0.6 is 0 Å². The summed E-state index contributed by atoms with van der Waals surface area (Å²) in [5, 5.41) is 14.8. The number of hydrazine groups is 1. The number of nitrogens with zero attached hydrogens (tertiary/aromatic N) is 2. The number of aliphatic imine (C=N–C) groups is 1. The number of hydrogen-bond acceptors (Lipinski definition) is 4. The summed E-state index contributed by atoms with van der Waals surface area (Å²) in [6.45, 7) is 7.53. The molecular formula is C17H34N4O. The van der Waals surface area contributed by atoms with Crippen molar-refractivity contribution in [3.8, 4) is 0 Å². The van der Waals surface area contributed by atoms with Crippen LogP contribution in [0.15, 0.2) is 16.6 Å². The minimum Gasteiger partial charge on any atom is -0.388 e. The van der Waals surface area contributed by atoms with E-state index in [0.29, 0.717) is 17.7 Å². The molecule has 1 aliphatic heterocycles. The smallest absolute Gasteiger partial charge is 0.139 e. The number of aliphatic hydroxyl groups excluding tert-OH is 1. The average molecular weight is 310 g/mol. The zero-order valence-corrected chi connectivity index (χ0v) is 14.7. The van der Waals surface area contributed by atoms with Crippen LogP contribution in [0.4, 0.5) is 0 Å². The molecule has 1 rings (SSSR count). The van der Waals surface area contributed by atoms with Gasteiger partial charge >= 0.3 is 0 Å². The van der Waals surface area contributed by atoms with E-state index in [9.17, 15) is 5.11 Å². The highest BCUT2D eigenvalue weighted by Gasteiger charge is 2.18. The lowest BCUT2D eigenvalue weighted by Gasteiger charge is -2.25. The van der Waals surface area contributed by atoms with Gasteiger partial charge in [0, 0.05) is 14.1 Å². The maximum absolute atomic E-state index is 9.38. The second-order valence-corrected chi connectivity index (χ2v) is 6.39.